The number of hydrogen-bond acceptors (Lipinski definition) is 5. The predicted molar refractivity (Wildman–Crippen MR) is 128 cm³/mol. The second-order valence-electron chi connectivity index (χ2n) is 8.93. The van der Waals surface area contributed by atoms with E-state index in [1.807, 2.05) is 24.3 Å². The van der Waals surface area contributed by atoms with Crippen molar-refractivity contribution in [2.45, 2.75) is 25.1 Å². The second-order valence-corrected chi connectivity index (χ2v) is 8.93. The van der Waals surface area contributed by atoms with Gasteiger partial charge in [0.05, 0.1) is 18.8 Å². The average molecular weight is 494 g/mol. The number of halogens is 2. The van der Waals surface area contributed by atoms with E-state index in [0.717, 1.165) is 28.9 Å². The maximum absolute atomic E-state index is 14.8. The number of rotatable bonds is 7. The van der Waals surface area contributed by atoms with E-state index in [1.54, 1.807) is 40.8 Å². The van der Waals surface area contributed by atoms with Gasteiger partial charge in [0.25, 0.3) is 0 Å². The topological polar surface area (TPSA) is 92.3 Å². The van der Waals surface area contributed by atoms with Crippen molar-refractivity contribution in [2.24, 2.45) is 0 Å². The Balaban J connectivity index is 1.44. The van der Waals surface area contributed by atoms with E-state index < -0.39 is 23.3 Å². The van der Waals surface area contributed by atoms with E-state index in [2.05, 4.69) is 15.2 Å². The minimum atomic E-state index is -1.82. The van der Waals surface area contributed by atoms with Gasteiger partial charge in [-0.05, 0) is 30.7 Å². The summed E-state index contributed by atoms with van der Waals surface area (Å²) in [5, 5.41) is 20.2. The van der Waals surface area contributed by atoms with Crippen LogP contribution in [0.25, 0.3) is 11.1 Å². The lowest BCUT2D eigenvalue weighted by Gasteiger charge is -2.34. The van der Waals surface area contributed by atoms with Gasteiger partial charge in [0, 0.05) is 49.2 Å². The van der Waals surface area contributed by atoms with Crippen LogP contribution in [0, 0.1) is 11.6 Å². The first-order chi connectivity index (χ1) is 17.3. The molecule has 36 heavy (non-hydrogen) atoms. The van der Waals surface area contributed by atoms with Crippen LogP contribution in [-0.2, 0) is 12.1 Å². The summed E-state index contributed by atoms with van der Waals surface area (Å²) in [6.45, 7) is 2.89. The fourth-order valence-electron chi connectivity index (χ4n) is 4.48. The first kappa shape index (κ1) is 23.6. The van der Waals surface area contributed by atoms with Gasteiger partial charge in [-0.3, -0.25) is 9.58 Å². The first-order valence-corrected chi connectivity index (χ1v) is 11.4. The number of anilines is 1. The van der Waals surface area contributed by atoms with Crippen LogP contribution in [0.4, 0.5) is 19.3 Å². The number of benzene rings is 2. The average Bonchev–Trinajstić information content (AvgIpc) is 3.62. The van der Waals surface area contributed by atoms with Crippen LogP contribution in [0.1, 0.15) is 18.5 Å². The minimum absolute atomic E-state index is 0.0379. The van der Waals surface area contributed by atoms with Crippen LogP contribution in [0.2, 0.25) is 0 Å². The molecule has 2 aromatic heterocycles. The summed E-state index contributed by atoms with van der Waals surface area (Å²) in [6.07, 6.45) is 6.13. The van der Waals surface area contributed by atoms with Crippen molar-refractivity contribution in [3.63, 3.8) is 0 Å². The van der Waals surface area contributed by atoms with E-state index >= 15 is 0 Å². The van der Waals surface area contributed by atoms with Crippen molar-refractivity contribution in [1.29, 1.82) is 0 Å². The highest BCUT2D eigenvalue weighted by molar-refractivity contribution is 5.94. The van der Waals surface area contributed by atoms with Crippen molar-refractivity contribution >= 4 is 11.7 Å². The third-order valence-electron chi connectivity index (χ3n) is 6.69. The predicted octanol–water partition coefficient (Wildman–Crippen LogP) is 3.44. The van der Waals surface area contributed by atoms with E-state index in [9.17, 15) is 18.7 Å². The summed E-state index contributed by atoms with van der Waals surface area (Å²) in [4.78, 5) is 19.5. The Kier molecular flexibility index (Phi) is 6.00. The summed E-state index contributed by atoms with van der Waals surface area (Å²) in [5.41, 5.74) is 0.558. The highest BCUT2D eigenvalue weighted by Gasteiger charge is 2.41. The Morgan fingerprint density at radius 1 is 1.08 bits per heavy atom. The van der Waals surface area contributed by atoms with Gasteiger partial charge in [-0.25, -0.2) is 23.2 Å². The second kappa shape index (κ2) is 9.15. The van der Waals surface area contributed by atoms with E-state index in [4.69, 9.17) is 0 Å². The fraction of sp³-hybridized carbons (Fsp3) is 0.280. The summed E-state index contributed by atoms with van der Waals surface area (Å²) in [5.74, 6) is -1.60. The zero-order chi connectivity index (χ0) is 25.4. The molecule has 2 unspecified atom stereocenters. The lowest BCUT2D eigenvalue weighted by atomic mass is 9.86. The molecule has 0 saturated carbocycles. The van der Waals surface area contributed by atoms with Gasteiger partial charge in [0.1, 0.15) is 29.9 Å². The van der Waals surface area contributed by atoms with Crippen LogP contribution in [0.3, 0.4) is 0 Å². The number of carbonyl (C=O) groups excluding carboxylic acids is 1. The zero-order valence-electron chi connectivity index (χ0n) is 19.8. The minimum Gasteiger partial charge on any atom is -0.381 e. The summed E-state index contributed by atoms with van der Waals surface area (Å²) in [6, 6.07) is 9.84. The van der Waals surface area contributed by atoms with Crippen molar-refractivity contribution in [2.75, 3.05) is 25.0 Å². The molecule has 3 heterocycles. The van der Waals surface area contributed by atoms with Crippen LogP contribution in [-0.4, -0.2) is 60.7 Å². The number of nitrogens with zero attached hydrogens (tertiary/aromatic N) is 7. The quantitative estimate of drug-likeness (QED) is 0.426. The largest absolute Gasteiger partial charge is 0.381 e. The van der Waals surface area contributed by atoms with Gasteiger partial charge in [0.2, 0.25) is 0 Å². The normalized spacial score (nSPS) is 16.4. The van der Waals surface area contributed by atoms with Crippen molar-refractivity contribution in [3.05, 3.63) is 84.7 Å². The van der Waals surface area contributed by atoms with Crippen LogP contribution >= 0.6 is 0 Å². The Bertz CT molecular complexity index is 1370. The van der Waals surface area contributed by atoms with Gasteiger partial charge in [-0.15, -0.1) is 0 Å². The van der Waals surface area contributed by atoms with Crippen molar-refractivity contribution < 1.29 is 18.7 Å². The Hall–Kier alpha value is -4.12. The lowest BCUT2D eigenvalue weighted by molar-refractivity contribution is -0.0368. The summed E-state index contributed by atoms with van der Waals surface area (Å²) < 4.78 is 31.4. The molecule has 2 atom stereocenters. The van der Waals surface area contributed by atoms with Gasteiger partial charge in [0.15, 0.2) is 0 Å². The molecule has 0 spiro atoms. The third-order valence-corrected chi connectivity index (χ3v) is 6.69. The number of amides is 2. The highest BCUT2D eigenvalue weighted by atomic mass is 19.1. The number of aliphatic hydroxyl groups is 1. The van der Waals surface area contributed by atoms with Gasteiger partial charge in [-0.1, -0.05) is 18.2 Å². The van der Waals surface area contributed by atoms with Gasteiger partial charge in [-0.2, -0.15) is 10.2 Å². The fourth-order valence-corrected chi connectivity index (χ4v) is 4.48. The number of carbonyl (C=O) groups is 1. The molecule has 0 aliphatic carbocycles. The molecular formula is C25H25F2N7O2. The highest BCUT2D eigenvalue weighted by Crippen LogP contribution is 2.37. The smallest absolute Gasteiger partial charge is 0.324 e. The summed E-state index contributed by atoms with van der Waals surface area (Å²) in [7, 11) is 1.77. The molecule has 1 aliphatic heterocycles. The molecule has 186 valence electrons. The molecule has 4 aromatic rings. The molecule has 2 aromatic carbocycles. The van der Waals surface area contributed by atoms with Crippen LogP contribution in [0.15, 0.2) is 67.5 Å². The monoisotopic (exact) mass is 493 g/mol. The third kappa shape index (κ3) is 4.22. The maximum Gasteiger partial charge on any atom is 0.324 e. The molecule has 2 amide bonds. The Morgan fingerprint density at radius 2 is 1.86 bits per heavy atom. The summed E-state index contributed by atoms with van der Waals surface area (Å²) >= 11 is 0. The number of likely N-dealkylation sites (N-methyl/N-ethyl adjacent to an activating group) is 1. The molecule has 0 bridgehead atoms. The van der Waals surface area contributed by atoms with Gasteiger partial charge >= 0.3 is 6.03 Å². The molecule has 9 nitrogen and oxygen atoms in total. The maximum atomic E-state index is 14.8. The van der Waals surface area contributed by atoms with Crippen LogP contribution in [0.5, 0.6) is 0 Å². The number of urea groups is 1. The molecule has 1 N–H and O–H groups in total. The molecule has 11 heteroatoms. The zero-order valence-corrected chi connectivity index (χ0v) is 19.8. The van der Waals surface area contributed by atoms with Crippen LogP contribution < -0.4 is 4.90 Å². The van der Waals surface area contributed by atoms with E-state index in [0.29, 0.717) is 13.1 Å². The molecule has 0 radical (unpaired) electrons. The van der Waals surface area contributed by atoms with Crippen molar-refractivity contribution in [1.82, 2.24) is 29.4 Å². The number of hydrogen-bond donors (Lipinski definition) is 1. The molecular weight excluding hydrogens is 468 g/mol. The van der Waals surface area contributed by atoms with Crippen molar-refractivity contribution in [3.8, 4) is 11.1 Å². The Morgan fingerprint density at radius 3 is 2.50 bits per heavy atom. The molecule has 1 fully saturated rings. The SMILES string of the molecule is CC(n1cc(-c2ccc(N3CCN(C)C3=O)cc2)cn1)C(O)(Cn1cncn1)c1ccc(F)cc1F. The van der Waals surface area contributed by atoms with Gasteiger partial charge < -0.3 is 10.0 Å². The molecule has 5 rings (SSSR count). The van der Waals surface area contributed by atoms with E-state index in [1.165, 1.54) is 23.4 Å². The standard InChI is InChI=1S/C25H25F2N7O2/c1-17(25(36,14-32-16-28-15-30-32)22-8-5-20(26)11-23(22)27)34-13-19(12-29-34)18-3-6-21(7-4-18)33-10-9-31(2)24(33)35/h3-8,11-13,15-17,36H,9-10,14H2,1-2H3. The number of aromatic nitrogens is 5. The molecule has 1 saturated heterocycles. The van der Waals surface area contributed by atoms with E-state index in [-0.39, 0.29) is 18.1 Å². The molecule has 1 aliphatic rings. The Labute approximate surface area is 206 Å². The first-order valence-electron chi connectivity index (χ1n) is 11.4. The lowest BCUT2D eigenvalue weighted by Crippen LogP contribution is -2.40.